The lowest BCUT2D eigenvalue weighted by Crippen LogP contribution is -2.20. The van der Waals surface area contributed by atoms with Gasteiger partial charge in [-0.1, -0.05) is 6.07 Å². The van der Waals surface area contributed by atoms with Crippen LogP contribution in [0, 0.1) is 6.92 Å². The van der Waals surface area contributed by atoms with Crippen LogP contribution in [0.15, 0.2) is 30.5 Å². The first-order chi connectivity index (χ1) is 9.68. The molecule has 0 aliphatic carbocycles. The number of aromatic nitrogens is 1. The number of benzene rings is 1. The zero-order chi connectivity index (χ0) is 14.1. The van der Waals surface area contributed by atoms with Crippen LogP contribution in [0.3, 0.4) is 0 Å². The molecule has 3 N–H and O–H groups in total. The van der Waals surface area contributed by atoms with E-state index in [2.05, 4.69) is 10.3 Å². The van der Waals surface area contributed by atoms with Crippen molar-refractivity contribution in [2.75, 3.05) is 24.2 Å². The highest BCUT2D eigenvalue weighted by Gasteiger charge is 2.23. The minimum atomic E-state index is -0.159. The normalized spacial score (nSPS) is 13.1. The van der Waals surface area contributed by atoms with E-state index in [0.717, 1.165) is 17.8 Å². The maximum absolute atomic E-state index is 12.7. The monoisotopic (exact) mass is 269 g/mol. The molecule has 0 radical (unpaired) electrons. The Hall–Kier alpha value is -2.56. The van der Waals surface area contributed by atoms with Crippen LogP contribution in [0.2, 0.25) is 0 Å². The molecule has 0 saturated carbocycles. The largest absolute Gasteiger partial charge is 0.489 e. The quantitative estimate of drug-likeness (QED) is 0.815. The molecule has 1 aliphatic rings. The molecule has 5 heteroatoms. The summed E-state index contributed by atoms with van der Waals surface area (Å²) in [6.45, 7) is 3.12. The Morgan fingerprint density at radius 1 is 1.40 bits per heavy atom. The summed E-state index contributed by atoms with van der Waals surface area (Å²) >= 11 is 0. The highest BCUT2D eigenvalue weighted by molar-refractivity contribution is 6.14. The molecule has 0 fully saturated rings. The van der Waals surface area contributed by atoms with Crippen molar-refractivity contribution in [3.63, 3.8) is 0 Å². The van der Waals surface area contributed by atoms with E-state index < -0.39 is 0 Å². The molecular weight excluding hydrogens is 254 g/mol. The molecule has 0 bridgehead atoms. The number of nitrogen functional groups attached to an aromatic ring is 1. The standard InChI is InChI=1S/C15H15N3O2/c1-9-5-6-18-15(16)12(9)13(19)10-3-2-4-11-14(10)20-8-7-17-11/h2-6,17H,7-8H2,1H3,(H2,16,18). The van der Waals surface area contributed by atoms with Gasteiger partial charge in [0.15, 0.2) is 5.75 Å². The number of rotatable bonds is 2. The van der Waals surface area contributed by atoms with Crippen molar-refractivity contribution in [1.82, 2.24) is 4.98 Å². The number of carbonyl (C=O) groups excluding carboxylic acids is 1. The number of nitrogens with zero attached hydrogens (tertiary/aromatic N) is 1. The molecule has 1 aromatic carbocycles. The molecule has 102 valence electrons. The summed E-state index contributed by atoms with van der Waals surface area (Å²) in [5.74, 6) is 0.677. The zero-order valence-electron chi connectivity index (χ0n) is 11.1. The van der Waals surface area contributed by atoms with Gasteiger partial charge in [0.1, 0.15) is 12.4 Å². The van der Waals surface area contributed by atoms with E-state index in [1.807, 2.05) is 19.1 Å². The van der Waals surface area contributed by atoms with Gasteiger partial charge in [0.05, 0.1) is 16.8 Å². The zero-order valence-corrected chi connectivity index (χ0v) is 11.1. The Morgan fingerprint density at radius 2 is 2.25 bits per heavy atom. The molecule has 0 amide bonds. The summed E-state index contributed by atoms with van der Waals surface area (Å²) in [5.41, 5.74) is 8.44. The Bertz CT molecular complexity index is 663. The van der Waals surface area contributed by atoms with Crippen LogP contribution < -0.4 is 15.8 Å². The summed E-state index contributed by atoms with van der Waals surface area (Å²) in [4.78, 5) is 16.7. The number of hydrogen-bond donors (Lipinski definition) is 2. The molecule has 1 aliphatic heterocycles. The summed E-state index contributed by atoms with van der Waals surface area (Å²) in [6.07, 6.45) is 1.60. The lowest BCUT2D eigenvalue weighted by Gasteiger charge is -2.21. The average molecular weight is 269 g/mol. The predicted octanol–water partition coefficient (Wildman–Crippen LogP) is 2.01. The van der Waals surface area contributed by atoms with Gasteiger partial charge in [-0.05, 0) is 30.7 Å². The second kappa shape index (κ2) is 4.85. The highest BCUT2D eigenvalue weighted by atomic mass is 16.5. The smallest absolute Gasteiger partial charge is 0.200 e. The third-order valence-electron chi connectivity index (χ3n) is 3.34. The lowest BCUT2D eigenvalue weighted by atomic mass is 9.98. The Labute approximate surface area is 116 Å². The second-order valence-electron chi connectivity index (χ2n) is 4.67. The molecule has 0 unspecified atom stereocenters. The molecule has 0 atom stereocenters. The fraction of sp³-hybridized carbons (Fsp3) is 0.200. The Balaban J connectivity index is 2.12. The molecule has 1 aromatic heterocycles. The van der Waals surface area contributed by atoms with Gasteiger partial charge in [-0.3, -0.25) is 4.79 Å². The maximum atomic E-state index is 12.7. The van der Waals surface area contributed by atoms with E-state index in [-0.39, 0.29) is 11.6 Å². The van der Waals surface area contributed by atoms with Crippen LogP contribution in [-0.2, 0) is 0 Å². The van der Waals surface area contributed by atoms with Crippen LogP contribution >= 0.6 is 0 Å². The highest BCUT2D eigenvalue weighted by Crippen LogP contribution is 2.33. The van der Waals surface area contributed by atoms with E-state index in [1.54, 1.807) is 18.3 Å². The number of pyridine rings is 1. The van der Waals surface area contributed by atoms with Crippen molar-refractivity contribution in [2.45, 2.75) is 6.92 Å². The van der Waals surface area contributed by atoms with Crippen molar-refractivity contribution in [1.29, 1.82) is 0 Å². The number of hydrogen-bond acceptors (Lipinski definition) is 5. The fourth-order valence-corrected chi connectivity index (χ4v) is 2.36. The Kier molecular flexibility index (Phi) is 3.02. The molecule has 2 aromatic rings. The van der Waals surface area contributed by atoms with Crippen molar-refractivity contribution in [3.8, 4) is 5.75 Å². The molecule has 2 heterocycles. The third-order valence-corrected chi connectivity index (χ3v) is 3.34. The summed E-state index contributed by atoms with van der Waals surface area (Å²) < 4.78 is 5.63. The van der Waals surface area contributed by atoms with Crippen molar-refractivity contribution in [2.24, 2.45) is 0 Å². The van der Waals surface area contributed by atoms with E-state index in [9.17, 15) is 4.79 Å². The number of nitrogens with one attached hydrogen (secondary N) is 1. The van der Waals surface area contributed by atoms with E-state index in [1.165, 1.54) is 0 Å². The van der Waals surface area contributed by atoms with Gasteiger partial charge in [-0.2, -0.15) is 0 Å². The molecular formula is C15H15N3O2. The van der Waals surface area contributed by atoms with E-state index >= 15 is 0 Å². The second-order valence-corrected chi connectivity index (χ2v) is 4.67. The first-order valence-corrected chi connectivity index (χ1v) is 6.44. The van der Waals surface area contributed by atoms with Gasteiger partial charge in [-0.15, -0.1) is 0 Å². The fourth-order valence-electron chi connectivity index (χ4n) is 2.36. The summed E-state index contributed by atoms with van der Waals surface area (Å²) in [7, 11) is 0. The molecule has 5 nitrogen and oxygen atoms in total. The van der Waals surface area contributed by atoms with Gasteiger partial charge >= 0.3 is 0 Å². The van der Waals surface area contributed by atoms with E-state index in [4.69, 9.17) is 10.5 Å². The van der Waals surface area contributed by atoms with Gasteiger partial charge in [0.2, 0.25) is 5.78 Å². The van der Waals surface area contributed by atoms with Gasteiger partial charge in [-0.25, -0.2) is 4.98 Å². The third kappa shape index (κ3) is 1.97. The number of aryl methyl sites for hydroxylation is 1. The average Bonchev–Trinajstić information content (AvgIpc) is 2.46. The molecule has 20 heavy (non-hydrogen) atoms. The summed E-state index contributed by atoms with van der Waals surface area (Å²) in [5, 5.41) is 3.21. The number of ketones is 1. The minimum Gasteiger partial charge on any atom is -0.489 e. The van der Waals surface area contributed by atoms with Crippen molar-refractivity contribution >= 4 is 17.3 Å². The van der Waals surface area contributed by atoms with Crippen LogP contribution in [0.5, 0.6) is 5.75 Å². The van der Waals surface area contributed by atoms with Gasteiger partial charge in [0.25, 0.3) is 0 Å². The Morgan fingerprint density at radius 3 is 3.05 bits per heavy atom. The van der Waals surface area contributed by atoms with Crippen LogP contribution in [0.25, 0.3) is 0 Å². The van der Waals surface area contributed by atoms with Gasteiger partial charge in [0, 0.05) is 12.7 Å². The topological polar surface area (TPSA) is 77.2 Å². The number of ether oxygens (including phenoxy) is 1. The lowest BCUT2D eigenvalue weighted by molar-refractivity contribution is 0.103. The van der Waals surface area contributed by atoms with Crippen LogP contribution in [-0.4, -0.2) is 23.9 Å². The van der Waals surface area contributed by atoms with E-state index in [0.29, 0.717) is 23.5 Å². The molecule has 0 saturated heterocycles. The van der Waals surface area contributed by atoms with Gasteiger partial charge < -0.3 is 15.8 Å². The van der Waals surface area contributed by atoms with Crippen LogP contribution in [0.4, 0.5) is 11.5 Å². The van der Waals surface area contributed by atoms with Crippen LogP contribution in [0.1, 0.15) is 21.5 Å². The minimum absolute atomic E-state index is 0.159. The van der Waals surface area contributed by atoms with Crippen molar-refractivity contribution in [3.05, 3.63) is 47.2 Å². The maximum Gasteiger partial charge on any atom is 0.200 e. The predicted molar refractivity (Wildman–Crippen MR) is 77.2 cm³/mol. The van der Waals surface area contributed by atoms with Crippen molar-refractivity contribution < 1.29 is 9.53 Å². The molecule has 0 spiro atoms. The number of anilines is 2. The SMILES string of the molecule is Cc1ccnc(N)c1C(=O)c1cccc2c1OCCN2. The first kappa shape index (κ1) is 12.5. The summed E-state index contributed by atoms with van der Waals surface area (Å²) in [6, 6.07) is 7.25. The number of nitrogens with two attached hydrogens (primary N) is 1. The number of carbonyl (C=O) groups is 1. The molecule has 3 rings (SSSR count). The first-order valence-electron chi connectivity index (χ1n) is 6.44. The number of para-hydroxylation sites is 1. The number of fused-ring (bicyclic) bond motifs is 1.